The van der Waals surface area contributed by atoms with Crippen molar-refractivity contribution in [3.05, 3.63) is 75.7 Å². The highest BCUT2D eigenvalue weighted by Gasteiger charge is 2.21. The fourth-order valence-electron chi connectivity index (χ4n) is 3.31. The first kappa shape index (κ1) is 21.0. The van der Waals surface area contributed by atoms with E-state index in [0.29, 0.717) is 38.2 Å². The van der Waals surface area contributed by atoms with Crippen molar-refractivity contribution in [3.8, 4) is 16.5 Å². The van der Waals surface area contributed by atoms with Crippen LogP contribution in [-0.4, -0.2) is 19.7 Å². The number of allylic oxidation sites excluding steroid dienone is 1. The van der Waals surface area contributed by atoms with E-state index in [2.05, 4.69) is 22.8 Å². The molecule has 3 heterocycles. The van der Waals surface area contributed by atoms with E-state index in [0.717, 1.165) is 21.6 Å². The van der Waals surface area contributed by atoms with Gasteiger partial charge in [0.2, 0.25) is 0 Å². The molecular formula is C23H19N5OS2. The molecule has 0 N–H and O–H groups in total. The molecule has 31 heavy (non-hydrogen) atoms. The van der Waals surface area contributed by atoms with E-state index in [-0.39, 0.29) is 5.56 Å². The van der Waals surface area contributed by atoms with Gasteiger partial charge in [-0.25, -0.2) is 4.98 Å². The molecule has 8 heteroatoms. The normalized spacial score (nSPS) is 10.9. The molecule has 154 valence electrons. The van der Waals surface area contributed by atoms with E-state index >= 15 is 0 Å². The van der Waals surface area contributed by atoms with Crippen LogP contribution >= 0.6 is 23.1 Å². The Morgan fingerprint density at radius 2 is 1.94 bits per heavy atom. The third kappa shape index (κ3) is 3.67. The van der Waals surface area contributed by atoms with Gasteiger partial charge in [-0.05, 0) is 49.2 Å². The van der Waals surface area contributed by atoms with Crippen molar-refractivity contribution in [2.45, 2.75) is 37.5 Å². The SMILES string of the molecule is C=CCn1c(Sc2nnc(C)c(C)c2C#N)nc2sc(-c3ccccc3)c(C)c2c1=O. The molecule has 0 unspecified atom stereocenters. The molecule has 0 bridgehead atoms. The molecule has 0 saturated heterocycles. The summed E-state index contributed by atoms with van der Waals surface area (Å²) in [6.45, 7) is 9.70. The van der Waals surface area contributed by atoms with Gasteiger partial charge in [0.25, 0.3) is 5.56 Å². The molecule has 4 aromatic rings. The summed E-state index contributed by atoms with van der Waals surface area (Å²) in [6.07, 6.45) is 1.66. The second-order valence-corrected chi connectivity index (χ2v) is 8.96. The Labute approximate surface area is 187 Å². The van der Waals surface area contributed by atoms with Gasteiger partial charge in [-0.2, -0.15) is 10.4 Å². The van der Waals surface area contributed by atoms with Gasteiger partial charge < -0.3 is 0 Å². The largest absolute Gasteiger partial charge is 0.283 e. The van der Waals surface area contributed by atoms with Crippen molar-refractivity contribution in [2.75, 3.05) is 0 Å². The maximum absolute atomic E-state index is 13.4. The lowest BCUT2D eigenvalue weighted by molar-refractivity contribution is 0.671. The predicted molar refractivity (Wildman–Crippen MR) is 125 cm³/mol. The summed E-state index contributed by atoms with van der Waals surface area (Å²) in [5.41, 5.74) is 3.77. The molecule has 0 amide bonds. The van der Waals surface area contributed by atoms with Crippen molar-refractivity contribution < 1.29 is 0 Å². The molecule has 0 saturated carbocycles. The van der Waals surface area contributed by atoms with Crippen LogP contribution in [0.4, 0.5) is 0 Å². The van der Waals surface area contributed by atoms with Crippen LogP contribution in [0, 0.1) is 32.1 Å². The summed E-state index contributed by atoms with van der Waals surface area (Å²) in [4.78, 5) is 19.9. The van der Waals surface area contributed by atoms with E-state index in [4.69, 9.17) is 4.98 Å². The number of rotatable bonds is 5. The van der Waals surface area contributed by atoms with Crippen molar-refractivity contribution in [1.29, 1.82) is 5.26 Å². The average Bonchev–Trinajstić information content (AvgIpc) is 3.10. The smallest absolute Gasteiger partial charge is 0.263 e. The summed E-state index contributed by atoms with van der Waals surface area (Å²) < 4.78 is 1.58. The highest BCUT2D eigenvalue weighted by Crippen LogP contribution is 2.37. The Kier molecular flexibility index (Phi) is 5.72. The molecule has 0 spiro atoms. The van der Waals surface area contributed by atoms with Gasteiger partial charge in [-0.3, -0.25) is 9.36 Å². The lowest BCUT2D eigenvalue weighted by Gasteiger charge is -2.11. The first-order valence-electron chi connectivity index (χ1n) is 9.58. The Morgan fingerprint density at radius 1 is 1.19 bits per heavy atom. The quantitative estimate of drug-likeness (QED) is 0.316. The molecule has 3 aromatic heterocycles. The first-order chi connectivity index (χ1) is 15.0. The van der Waals surface area contributed by atoms with Crippen LogP contribution in [0.3, 0.4) is 0 Å². The fourth-order valence-corrected chi connectivity index (χ4v) is 5.50. The van der Waals surface area contributed by atoms with Crippen LogP contribution in [0.2, 0.25) is 0 Å². The summed E-state index contributed by atoms with van der Waals surface area (Å²) >= 11 is 2.68. The Morgan fingerprint density at radius 3 is 2.61 bits per heavy atom. The van der Waals surface area contributed by atoms with Gasteiger partial charge in [-0.1, -0.05) is 36.4 Å². The van der Waals surface area contributed by atoms with Gasteiger partial charge in [-0.15, -0.1) is 23.0 Å². The molecular weight excluding hydrogens is 426 g/mol. The van der Waals surface area contributed by atoms with Crippen LogP contribution in [0.5, 0.6) is 0 Å². The van der Waals surface area contributed by atoms with E-state index < -0.39 is 0 Å². The average molecular weight is 446 g/mol. The van der Waals surface area contributed by atoms with Crippen molar-refractivity contribution in [2.24, 2.45) is 0 Å². The minimum Gasteiger partial charge on any atom is -0.283 e. The van der Waals surface area contributed by atoms with Crippen LogP contribution in [0.25, 0.3) is 20.7 Å². The number of aromatic nitrogens is 4. The predicted octanol–water partition coefficient (Wildman–Crippen LogP) is 5.05. The maximum atomic E-state index is 13.4. The number of hydrogen-bond donors (Lipinski definition) is 0. The number of nitrogens with zero attached hydrogens (tertiary/aromatic N) is 5. The van der Waals surface area contributed by atoms with Gasteiger partial charge in [0.15, 0.2) is 5.16 Å². The van der Waals surface area contributed by atoms with E-state index in [1.165, 1.54) is 23.1 Å². The molecule has 0 aliphatic carbocycles. The van der Waals surface area contributed by atoms with Gasteiger partial charge >= 0.3 is 0 Å². The minimum atomic E-state index is -0.126. The van der Waals surface area contributed by atoms with Gasteiger partial charge in [0, 0.05) is 11.4 Å². The Bertz CT molecular complexity index is 1410. The van der Waals surface area contributed by atoms with Crippen LogP contribution < -0.4 is 5.56 Å². The van der Waals surface area contributed by atoms with Gasteiger partial charge in [0.1, 0.15) is 15.9 Å². The monoisotopic (exact) mass is 445 g/mol. The second-order valence-electron chi connectivity index (χ2n) is 7.01. The zero-order valence-electron chi connectivity index (χ0n) is 17.3. The highest BCUT2D eigenvalue weighted by molar-refractivity contribution is 7.99. The summed E-state index contributed by atoms with van der Waals surface area (Å²) in [6, 6.07) is 12.2. The first-order valence-corrected chi connectivity index (χ1v) is 11.2. The molecule has 0 fully saturated rings. The molecule has 1 aromatic carbocycles. The lowest BCUT2D eigenvalue weighted by atomic mass is 10.1. The van der Waals surface area contributed by atoms with E-state index in [1.807, 2.05) is 51.1 Å². The number of nitriles is 1. The summed E-state index contributed by atoms with van der Waals surface area (Å²) in [7, 11) is 0. The fraction of sp³-hybridized carbons (Fsp3) is 0.174. The van der Waals surface area contributed by atoms with Crippen LogP contribution in [0.1, 0.15) is 22.4 Å². The molecule has 0 atom stereocenters. The Hall–Kier alpha value is -3.28. The zero-order chi connectivity index (χ0) is 22.1. The summed E-state index contributed by atoms with van der Waals surface area (Å²) in [5.74, 6) is 0. The maximum Gasteiger partial charge on any atom is 0.263 e. The molecule has 0 aliphatic rings. The van der Waals surface area contributed by atoms with E-state index in [9.17, 15) is 10.1 Å². The third-order valence-corrected chi connectivity index (χ3v) is 7.29. The molecule has 0 radical (unpaired) electrons. The van der Waals surface area contributed by atoms with Gasteiger partial charge in [0.05, 0.1) is 16.6 Å². The Balaban J connectivity index is 1.93. The number of hydrogen-bond acceptors (Lipinski definition) is 7. The van der Waals surface area contributed by atoms with Crippen LogP contribution in [-0.2, 0) is 6.54 Å². The second kappa shape index (κ2) is 8.46. The third-order valence-electron chi connectivity index (χ3n) is 5.09. The molecule has 4 rings (SSSR count). The molecule has 0 aliphatic heterocycles. The van der Waals surface area contributed by atoms with Crippen molar-refractivity contribution in [1.82, 2.24) is 19.7 Å². The van der Waals surface area contributed by atoms with Crippen LogP contribution in [0.15, 0.2) is 58.0 Å². The van der Waals surface area contributed by atoms with E-state index in [1.54, 1.807) is 10.6 Å². The number of aryl methyl sites for hydroxylation is 2. The number of thiophene rings is 1. The highest BCUT2D eigenvalue weighted by atomic mass is 32.2. The standard InChI is InChI=1S/C23H19N5OS2/c1-5-11-28-22(29)18-14(3)19(16-9-7-6-8-10-16)30-21(18)25-23(28)31-20-17(12-24)13(2)15(4)26-27-20/h5-10H,1,11H2,2-4H3. The lowest BCUT2D eigenvalue weighted by Crippen LogP contribution is -2.22. The topological polar surface area (TPSA) is 84.5 Å². The number of fused-ring (bicyclic) bond motifs is 1. The summed E-state index contributed by atoms with van der Waals surface area (Å²) in [5, 5.41) is 19.5. The van der Waals surface area contributed by atoms with Crippen molar-refractivity contribution in [3.63, 3.8) is 0 Å². The zero-order valence-corrected chi connectivity index (χ0v) is 19.0. The molecule has 6 nitrogen and oxygen atoms in total. The minimum absolute atomic E-state index is 0.126. The van der Waals surface area contributed by atoms with Crippen molar-refractivity contribution >= 4 is 33.3 Å². The number of benzene rings is 1.